The summed E-state index contributed by atoms with van der Waals surface area (Å²) in [5.74, 6) is 0.0412. The van der Waals surface area contributed by atoms with E-state index in [2.05, 4.69) is 0 Å². The number of hydrogen-bond donors (Lipinski definition) is 0. The Kier molecular flexibility index (Phi) is 6.55. The highest BCUT2D eigenvalue weighted by molar-refractivity contribution is 7.12. The van der Waals surface area contributed by atoms with Crippen LogP contribution in [-0.4, -0.2) is 18.5 Å². The van der Waals surface area contributed by atoms with Gasteiger partial charge in [-0.25, -0.2) is 9.59 Å². The van der Waals surface area contributed by atoms with Crippen molar-refractivity contribution >= 4 is 34.2 Å². The molecule has 2 aromatic heterocycles. The molecular weight excluding hydrogens is 444 g/mol. The van der Waals surface area contributed by atoms with Gasteiger partial charge in [0.1, 0.15) is 27.7 Å². The van der Waals surface area contributed by atoms with Crippen LogP contribution in [-0.2, 0) is 4.74 Å². The van der Waals surface area contributed by atoms with Gasteiger partial charge in [-0.05, 0) is 61.2 Å². The number of carbonyl (C=O) groups excluding carboxylic acids is 2. The van der Waals surface area contributed by atoms with Crippen molar-refractivity contribution in [1.29, 1.82) is 0 Å². The minimum absolute atomic E-state index is 0.0344. The molecule has 0 bridgehead atoms. The maximum absolute atomic E-state index is 13.0. The van der Waals surface area contributed by atoms with Crippen molar-refractivity contribution in [3.05, 3.63) is 86.4 Å². The van der Waals surface area contributed by atoms with Crippen LogP contribution in [0.25, 0.3) is 11.0 Å². The van der Waals surface area contributed by atoms with Gasteiger partial charge in [-0.1, -0.05) is 13.0 Å². The lowest BCUT2D eigenvalue weighted by Gasteiger charge is -2.10. The van der Waals surface area contributed by atoms with Crippen molar-refractivity contribution in [2.45, 2.75) is 20.3 Å². The Bertz CT molecular complexity index is 1350. The summed E-state index contributed by atoms with van der Waals surface area (Å²) in [6.45, 7) is 3.88. The molecule has 0 aliphatic rings. The van der Waals surface area contributed by atoms with Crippen molar-refractivity contribution < 1.29 is 28.2 Å². The number of rotatable bonds is 7. The van der Waals surface area contributed by atoms with E-state index in [9.17, 15) is 14.4 Å². The number of hydrogen-bond acceptors (Lipinski definition) is 8. The Morgan fingerprint density at radius 2 is 1.76 bits per heavy atom. The second-order valence-electron chi connectivity index (χ2n) is 7.10. The first-order chi connectivity index (χ1) is 16.0. The van der Waals surface area contributed by atoms with Gasteiger partial charge in [-0.15, -0.1) is 11.3 Å². The highest BCUT2D eigenvalue weighted by atomic mass is 32.1. The van der Waals surface area contributed by atoms with Crippen molar-refractivity contribution in [2.75, 3.05) is 6.61 Å². The maximum atomic E-state index is 13.0. The predicted molar refractivity (Wildman–Crippen MR) is 124 cm³/mol. The lowest BCUT2D eigenvalue weighted by molar-refractivity contribution is 0.0504. The molecule has 4 aromatic rings. The van der Waals surface area contributed by atoms with Gasteiger partial charge in [-0.2, -0.15) is 0 Å². The van der Waals surface area contributed by atoms with Gasteiger partial charge >= 0.3 is 11.9 Å². The molecule has 8 heteroatoms. The molecule has 0 aliphatic carbocycles. The number of carbonyl (C=O) groups is 2. The highest BCUT2D eigenvalue weighted by Crippen LogP contribution is 2.28. The normalized spacial score (nSPS) is 10.7. The van der Waals surface area contributed by atoms with Gasteiger partial charge in [0.25, 0.3) is 0 Å². The van der Waals surface area contributed by atoms with Crippen LogP contribution >= 0.6 is 11.3 Å². The molecule has 7 nitrogen and oxygen atoms in total. The Hall–Kier alpha value is -3.91. The van der Waals surface area contributed by atoms with Crippen molar-refractivity contribution in [1.82, 2.24) is 0 Å². The van der Waals surface area contributed by atoms with Crippen LogP contribution < -0.4 is 14.9 Å². The van der Waals surface area contributed by atoms with Crippen LogP contribution in [0.1, 0.15) is 39.1 Å². The molecule has 0 aliphatic heterocycles. The first-order valence-electron chi connectivity index (χ1n) is 10.2. The highest BCUT2D eigenvalue weighted by Gasteiger charge is 2.16. The zero-order valence-corrected chi connectivity index (χ0v) is 18.8. The zero-order valence-electron chi connectivity index (χ0n) is 18.0. The second kappa shape index (κ2) is 9.70. The van der Waals surface area contributed by atoms with Crippen LogP contribution in [0.5, 0.6) is 17.2 Å². The van der Waals surface area contributed by atoms with E-state index < -0.39 is 11.9 Å². The molecule has 0 radical (unpaired) electrons. The van der Waals surface area contributed by atoms with E-state index in [4.69, 9.17) is 18.6 Å². The molecule has 0 amide bonds. The van der Waals surface area contributed by atoms with Gasteiger partial charge in [0.2, 0.25) is 11.2 Å². The number of thiophene rings is 1. The summed E-state index contributed by atoms with van der Waals surface area (Å²) in [5.41, 5.74) is 0.300. The zero-order chi connectivity index (χ0) is 23.4. The molecule has 2 aromatic carbocycles. The largest absolute Gasteiger partial charge is 0.462 e. The summed E-state index contributed by atoms with van der Waals surface area (Å²) in [6.07, 6.45) is 0.739. The molecule has 33 heavy (non-hydrogen) atoms. The minimum atomic E-state index is -0.481. The van der Waals surface area contributed by atoms with E-state index in [-0.39, 0.29) is 33.7 Å². The first kappa shape index (κ1) is 22.3. The number of aryl methyl sites for hydroxylation is 1. The average Bonchev–Trinajstić information content (AvgIpc) is 3.36. The van der Waals surface area contributed by atoms with Crippen molar-refractivity contribution in [2.24, 2.45) is 0 Å². The van der Waals surface area contributed by atoms with Gasteiger partial charge < -0.3 is 18.6 Å². The third kappa shape index (κ3) is 4.96. The minimum Gasteiger partial charge on any atom is -0.462 e. The molecule has 0 saturated heterocycles. The van der Waals surface area contributed by atoms with Crippen molar-refractivity contribution in [3.63, 3.8) is 0 Å². The standard InChI is InChI=1S/C25H20O7S/c1-3-12-29-24(27)16-6-8-17(9-7-16)31-23-15(2)30-20-14-18(10-11-19(20)22(23)26)32-25(28)21-5-4-13-33-21/h4-11,13-14H,3,12H2,1-2H3. The predicted octanol–water partition coefficient (Wildman–Crippen LogP) is 5.74. The first-order valence-corrected chi connectivity index (χ1v) is 11.1. The molecule has 0 atom stereocenters. The van der Waals surface area contributed by atoms with E-state index in [1.165, 1.54) is 29.5 Å². The Morgan fingerprint density at radius 1 is 1.00 bits per heavy atom. The Morgan fingerprint density at radius 3 is 2.45 bits per heavy atom. The molecule has 0 fully saturated rings. The summed E-state index contributed by atoms with van der Waals surface area (Å²) in [4.78, 5) is 37.6. The number of benzene rings is 2. The van der Waals surface area contributed by atoms with Crippen LogP contribution in [0.15, 0.2) is 69.2 Å². The lowest BCUT2D eigenvalue weighted by atomic mass is 10.2. The molecule has 168 valence electrons. The third-order valence-corrected chi connectivity index (χ3v) is 5.52. The van der Waals surface area contributed by atoms with Crippen LogP contribution in [0.4, 0.5) is 0 Å². The van der Waals surface area contributed by atoms with E-state index >= 15 is 0 Å². The third-order valence-electron chi connectivity index (χ3n) is 4.67. The topological polar surface area (TPSA) is 92.0 Å². The molecule has 0 N–H and O–H groups in total. The summed E-state index contributed by atoms with van der Waals surface area (Å²) in [7, 11) is 0. The molecule has 0 spiro atoms. The van der Waals surface area contributed by atoms with E-state index in [1.807, 2.05) is 6.92 Å². The summed E-state index contributed by atoms with van der Waals surface area (Å²) in [6, 6.07) is 14.3. The number of esters is 2. The fourth-order valence-corrected chi connectivity index (χ4v) is 3.66. The summed E-state index contributed by atoms with van der Waals surface area (Å²) < 4.78 is 22.0. The number of ether oxygens (including phenoxy) is 3. The fourth-order valence-electron chi connectivity index (χ4n) is 3.06. The van der Waals surface area contributed by atoms with E-state index in [0.29, 0.717) is 22.8 Å². The van der Waals surface area contributed by atoms with Gasteiger partial charge in [-0.3, -0.25) is 4.79 Å². The van der Waals surface area contributed by atoms with Crippen LogP contribution in [0, 0.1) is 6.92 Å². The monoisotopic (exact) mass is 464 g/mol. The fraction of sp³-hybridized carbons (Fsp3) is 0.160. The van der Waals surface area contributed by atoms with Crippen molar-refractivity contribution in [3.8, 4) is 17.2 Å². The van der Waals surface area contributed by atoms with Gasteiger partial charge in [0, 0.05) is 6.07 Å². The van der Waals surface area contributed by atoms with Gasteiger partial charge in [0.15, 0.2) is 0 Å². The van der Waals surface area contributed by atoms with E-state index in [0.717, 1.165) is 6.42 Å². The van der Waals surface area contributed by atoms with Crippen LogP contribution in [0.3, 0.4) is 0 Å². The lowest BCUT2D eigenvalue weighted by Crippen LogP contribution is -2.09. The Labute approximate surface area is 193 Å². The molecule has 4 rings (SSSR count). The molecule has 0 saturated carbocycles. The summed E-state index contributed by atoms with van der Waals surface area (Å²) in [5, 5.41) is 2.07. The van der Waals surface area contributed by atoms with Gasteiger partial charge in [0.05, 0.1) is 17.6 Å². The van der Waals surface area contributed by atoms with E-state index in [1.54, 1.807) is 48.7 Å². The summed E-state index contributed by atoms with van der Waals surface area (Å²) >= 11 is 1.28. The molecule has 2 heterocycles. The average molecular weight is 464 g/mol. The Balaban J connectivity index is 1.56. The smallest absolute Gasteiger partial charge is 0.353 e. The molecule has 0 unspecified atom stereocenters. The maximum Gasteiger partial charge on any atom is 0.353 e. The van der Waals surface area contributed by atoms with Crippen LogP contribution in [0.2, 0.25) is 0 Å². The quantitative estimate of drug-likeness (QED) is 0.254. The second-order valence-corrected chi connectivity index (χ2v) is 8.05. The molecular formula is C25H20O7S. The number of fused-ring (bicyclic) bond motifs is 1. The SMILES string of the molecule is CCCOC(=O)c1ccc(Oc2c(C)oc3cc(OC(=O)c4cccs4)ccc3c2=O)cc1.